The monoisotopic (exact) mass is 358 g/mol. The average Bonchev–Trinajstić information content (AvgIpc) is 2.58. The Morgan fingerprint density at radius 3 is 1.72 bits per heavy atom. The zero-order valence-corrected chi connectivity index (χ0v) is 15.0. The number of rotatable bonds is 12. The Balaban J connectivity index is 4.10. The lowest BCUT2D eigenvalue weighted by atomic mass is 10.3. The second kappa shape index (κ2) is 14.0. The summed E-state index contributed by atoms with van der Waals surface area (Å²) in [6.45, 7) is 4.69. The third-order valence-electron chi connectivity index (χ3n) is 2.83. The second-order valence-corrected chi connectivity index (χ2v) is 5.16. The van der Waals surface area contributed by atoms with Crippen LogP contribution in [0.1, 0.15) is 46.5 Å². The van der Waals surface area contributed by atoms with E-state index in [0.717, 1.165) is 31.8 Å². The number of ether oxygens (including phenoxy) is 4. The Morgan fingerprint density at radius 1 is 0.760 bits per heavy atom. The first-order chi connectivity index (χ1) is 11.9. The molecule has 0 amide bonds. The van der Waals surface area contributed by atoms with E-state index >= 15 is 0 Å². The summed E-state index contributed by atoms with van der Waals surface area (Å²) in [5, 5.41) is 0. The maximum atomic E-state index is 11.6. The van der Waals surface area contributed by atoms with E-state index in [1.54, 1.807) is 0 Å². The van der Waals surface area contributed by atoms with Crippen LogP contribution in [0.15, 0.2) is 11.6 Å². The summed E-state index contributed by atoms with van der Waals surface area (Å²) < 4.78 is 19.0. The van der Waals surface area contributed by atoms with Crippen molar-refractivity contribution in [3.63, 3.8) is 0 Å². The van der Waals surface area contributed by atoms with Crippen LogP contribution in [0, 0.1) is 0 Å². The predicted molar refractivity (Wildman–Crippen MR) is 87.4 cm³/mol. The molecular weight excluding hydrogens is 332 g/mol. The molecular formula is C17H26O8. The van der Waals surface area contributed by atoms with Gasteiger partial charge in [-0.1, -0.05) is 26.7 Å². The van der Waals surface area contributed by atoms with Crippen molar-refractivity contribution >= 4 is 23.9 Å². The standard InChI is InChI=1S/C17H26O8/c1-4-6-8-22-15(19)11-24-14(18)10-13(3)17(21)25-12-16(20)23-9-7-5-2/h10H,4-9,11-12H2,1-3H3/b13-10-. The van der Waals surface area contributed by atoms with E-state index in [4.69, 9.17) is 14.2 Å². The molecule has 0 aliphatic rings. The molecule has 8 heteroatoms. The molecule has 0 aromatic carbocycles. The highest BCUT2D eigenvalue weighted by Crippen LogP contribution is 1.99. The minimum absolute atomic E-state index is 0.0642. The summed E-state index contributed by atoms with van der Waals surface area (Å²) in [6.07, 6.45) is 4.09. The largest absolute Gasteiger partial charge is 0.463 e. The van der Waals surface area contributed by atoms with Gasteiger partial charge in [-0.3, -0.25) is 0 Å². The molecule has 0 saturated carbocycles. The fourth-order valence-corrected chi connectivity index (χ4v) is 1.39. The van der Waals surface area contributed by atoms with Crippen molar-refractivity contribution in [2.45, 2.75) is 46.5 Å². The van der Waals surface area contributed by atoms with Gasteiger partial charge in [-0.15, -0.1) is 0 Å². The van der Waals surface area contributed by atoms with Gasteiger partial charge in [0.1, 0.15) is 0 Å². The Morgan fingerprint density at radius 2 is 1.24 bits per heavy atom. The second-order valence-electron chi connectivity index (χ2n) is 5.16. The number of esters is 4. The Hall–Kier alpha value is -2.38. The van der Waals surface area contributed by atoms with Crippen LogP contribution in [0.4, 0.5) is 0 Å². The van der Waals surface area contributed by atoms with Gasteiger partial charge in [-0.2, -0.15) is 0 Å². The lowest BCUT2D eigenvalue weighted by Crippen LogP contribution is -2.19. The van der Waals surface area contributed by atoms with Crippen molar-refractivity contribution in [2.75, 3.05) is 26.4 Å². The molecule has 0 aromatic heterocycles. The first-order valence-electron chi connectivity index (χ1n) is 8.24. The highest BCUT2D eigenvalue weighted by Gasteiger charge is 2.13. The number of carbonyl (C=O) groups is 4. The van der Waals surface area contributed by atoms with Gasteiger partial charge in [0.2, 0.25) is 0 Å². The highest BCUT2D eigenvalue weighted by molar-refractivity contribution is 5.96. The zero-order valence-electron chi connectivity index (χ0n) is 15.0. The third-order valence-corrected chi connectivity index (χ3v) is 2.83. The van der Waals surface area contributed by atoms with E-state index < -0.39 is 37.1 Å². The minimum atomic E-state index is -0.882. The molecule has 0 spiro atoms. The van der Waals surface area contributed by atoms with Crippen molar-refractivity contribution in [3.05, 3.63) is 11.6 Å². The number of carbonyl (C=O) groups excluding carboxylic acids is 4. The van der Waals surface area contributed by atoms with Crippen LogP contribution < -0.4 is 0 Å². The van der Waals surface area contributed by atoms with Gasteiger partial charge in [0.25, 0.3) is 0 Å². The van der Waals surface area contributed by atoms with Crippen LogP contribution >= 0.6 is 0 Å². The normalized spacial score (nSPS) is 10.8. The first-order valence-corrected chi connectivity index (χ1v) is 8.24. The van der Waals surface area contributed by atoms with E-state index in [-0.39, 0.29) is 18.8 Å². The quantitative estimate of drug-likeness (QED) is 0.225. The van der Waals surface area contributed by atoms with Crippen molar-refractivity contribution in [1.82, 2.24) is 0 Å². The van der Waals surface area contributed by atoms with Crippen molar-refractivity contribution in [1.29, 1.82) is 0 Å². The van der Waals surface area contributed by atoms with Crippen LogP contribution in [0.5, 0.6) is 0 Å². The van der Waals surface area contributed by atoms with Gasteiger partial charge >= 0.3 is 23.9 Å². The van der Waals surface area contributed by atoms with Crippen molar-refractivity contribution < 1.29 is 38.1 Å². The maximum absolute atomic E-state index is 11.6. The summed E-state index contributed by atoms with van der Waals surface area (Å²) in [5.74, 6) is -3.06. The number of unbranched alkanes of at least 4 members (excludes halogenated alkanes) is 2. The highest BCUT2D eigenvalue weighted by atomic mass is 16.6. The van der Waals surface area contributed by atoms with Gasteiger partial charge in [-0.25, -0.2) is 19.2 Å². The Labute approximate surface area is 147 Å². The molecule has 0 aliphatic carbocycles. The molecule has 0 bridgehead atoms. The average molecular weight is 358 g/mol. The van der Waals surface area contributed by atoms with Crippen LogP contribution in [-0.2, 0) is 38.1 Å². The fraction of sp³-hybridized carbons (Fsp3) is 0.647. The molecule has 0 atom stereocenters. The lowest BCUT2D eigenvalue weighted by molar-refractivity contribution is -0.157. The van der Waals surface area contributed by atoms with Gasteiger partial charge < -0.3 is 18.9 Å². The zero-order chi connectivity index (χ0) is 19.1. The molecule has 0 radical (unpaired) electrons. The molecule has 25 heavy (non-hydrogen) atoms. The van der Waals surface area contributed by atoms with Crippen LogP contribution in [0.25, 0.3) is 0 Å². The van der Waals surface area contributed by atoms with Gasteiger partial charge in [0, 0.05) is 11.6 Å². The third kappa shape index (κ3) is 12.7. The minimum Gasteiger partial charge on any atom is -0.463 e. The molecule has 0 N–H and O–H groups in total. The molecule has 0 heterocycles. The molecule has 142 valence electrons. The maximum Gasteiger partial charge on any atom is 0.344 e. The van der Waals surface area contributed by atoms with E-state index in [9.17, 15) is 19.2 Å². The summed E-state index contributed by atoms with van der Waals surface area (Å²) in [4.78, 5) is 45.7. The smallest absolute Gasteiger partial charge is 0.344 e. The molecule has 0 aromatic rings. The number of hydrogen-bond donors (Lipinski definition) is 0. The Bertz CT molecular complexity index is 481. The van der Waals surface area contributed by atoms with E-state index in [2.05, 4.69) is 4.74 Å². The van der Waals surface area contributed by atoms with Gasteiger partial charge in [0.05, 0.1) is 13.2 Å². The van der Waals surface area contributed by atoms with Crippen LogP contribution in [0.3, 0.4) is 0 Å². The van der Waals surface area contributed by atoms with Crippen LogP contribution in [0.2, 0.25) is 0 Å². The van der Waals surface area contributed by atoms with Crippen molar-refractivity contribution in [2.24, 2.45) is 0 Å². The lowest BCUT2D eigenvalue weighted by Gasteiger charge is -2.06. The van der Waals surface area contributed by atoms with E-state index in [1.165, 1.54) is 6.92 Å². The summed E-state index contributed by atoms with van der Waals surface area (Å²) in [6, 6.07) is 0. The first kappa shape index (κ1) is 22.6. The molecule has 0 unspecified atom stereocenters. The van der Waals surface area contributed by atoms with Crippen LogP contribution in [-0.4, -0.2) is 50.3 Å². The van der Waals surface area contributed by atoms with Crippen molar-refractivity contribution in [3.8, 4) is 0 Å². The van der Waals surface area contributed by atoms with E-state index in [0.29, 0.717) is 0 Å². The van der Waals surface area contributed by atoms with E-state index in [1.807, 2.05) is 13.8 Å². The van der Waals surface area contributed by atoms with Gasteiger partial charge in [-0.05, 0) is 19.8 Å². The predicted octanol–water partition coefficient (Wildman–Crippen LogP) is 1.71. The summed E-state index contributed by atoms with van der Waals surface area (Å²) >= 11 is 0. The summed E-state index contributed by atoms with van der Waals surface area (Å²) in [5.41, 5.74) is -0.0642. The molecule has 8 nitrogen and oxygen atoms in total. The topological polar surface area (TPSA) is 105 Å². The fourth-order valence-electron chi connectivity index (χ4n) is 1.39. The molecule has 0 rings (SSSR count). The molecule has 0 aliphatic heterocycles. The Kier molecular flexibility index (Phi) is 12.7. The van der Waals surface area contributed by atoms with Gasteiger partial charge in [0.15, 0.2) is 13.2 Å². The summed E-state index contributed by atoms with van der Waals surface area (Å²) in [7, 11) is 0. The number of hydrogen-bond acceptors (Lipinski definition) is 8. The molecule has 0 fully saturated rings. The molecule has 0 saturated heterocycles. The SMILES string of the molecule is CCCCOC(=O)COC(=O)/C=C(/C)C(=O)OCC(=O)OCCCC.